The number of nitrogens with zero attached hydrogens (tertiary/aromatic N) is 1. The van der Waals surface area contributed by atoms with Crippen LogP contribution in [0.25, 0.3) is 0 Å². The fraction of sp³-hybridized carbons (Fsp3) is 0.333. The molecule has 27 heavy (non-hydrogen) atoms. The van der Waals surface area contributed by atoms with Crippen LogP contribution >= 0.6 is 23.4 Å². The smallest absolute Gasteiger partial charge is 0.251 e. The minimum Gasteiger partial charge on any atom is -0.352 e. The van der Waals surface area contributed by atoms with Gasteiger partial charge in [0.25, 0.3) is 5.91 Å². The first-order chi connectivity index (χ1) is 13.0. The van der Waals surface area contributed by atoms with Crippen molar-refractivity contribution < 1.29 is 9.59 Å². The summed E-state index contributed by atoms with van der Waals surface area (Å²) >= 11 is 7.78. The monoisotopic (exact) mass is 402 g/mol. The average Bonchev–Trinajstić information content (AvgIpc) is 2.65. The van der Waals surface area contributed by atoms with E-state index in [0.717, 1.165) is 22.6 Å². The van der Waals surface area contributed by atoms with Gasteiger partial charge in [0, 0.05) is 22.0 Å². The Kier molecular flexibility index (Phi) is 6.45. The molecule has 0 aromatic heterocycles. The number of nitrogens with one attached hydrogen (secondary N) is 1. The molecular weight excluding hydrogens is 380 g/mol. The van der Waals surface area contributed by atoms with Crippen LogP contribution in [0.4, 0.5) is 5.69 Å². The van der Waals surface area contributed by atoms with Crippen molar-refractivity contribution in [3.05, 3.63) is 58.6 Å². The largest absolute Gasteiger partial charge is 0.352 e. The van der Waals surface area contributed by atoms with Gasteiger partial charge in [-0.15, -0.1) is 11.8 Å². The van der Waals surface area contributed by atoms with Crippen LogP contribution in [-0.2, 0) is 11.3 Å². The van der Waals surface area contributed by atoms with Crippen molar-refractivity contribution in [2.24, 2.45) is 5.92 Å². The number of carbonyl (C=O) groups excluding carboxylic acids is 2. The van der Waals surface area contributed by atoms with Crippen LogP contribution in [0, 0.1) is 5.92 Å². The van der Waals surface area contributed by atoms with Crippen molar-refractivity contribution in [2.75, 3.05) is 17.2 Å². The summed E-state index contributed by atoms with van der Waals surface area (Å²) in [6.07, 6.45) is 0.934. The topological polar surface area (TPSA) is 49.4 Å². The second kappa shape index (κ2) is 8.81. The summed E-state index contributed by atoms with van der Waals surface area (Å²) in [7, 11) is 0. The van der Waals surface area contributed by atoms with E-state index in [4.69, 9.17) is 11.6 Å². The van der Waals surface area contributed by atoms with Crippen LogP contribution in [0.3, 0.4) is 0 Å². The first-order valence-electron chi connectivity index (χ1n) is 9.04. The normalized spacial score (nSPS) is 13.6. The number of rotatable bonds is 6. The molecule has 6 heteroatoms. The summed E-state index contributed by atoms with van der Waals surface area (Å²) in [6.45, 7) is 5.29. The lowest BCUT2D eigenvalue weighted by Gasteiger charge is -2.29. The van der Waals surface area contributed by atoms with E-state index in [1.54, 1.807) is 11.0 Å². The summed E-state index contributed by atoms with van der Waals surface area (Å²) < 4.78 is 0. The van der Waals surface area contributed by atoms with E-state index < -0.39 is 0 Å². The molecule has 142 valence electrons. The lowest BCUT2D eigenvalue weighted by Crippen LogP contribution is -2.35. The predicted molar refractivity (Wildman–Crippen MR) is 112 cm³/mol. The van der Waals surface area contributed by atoms with E-state index in [1.165, 1.54) is 11.8 Å². The molecule has 4 nitrogen and oxygen atoms in total. The molecule has 0 aliphatic carbocycles. The Morgan fingerprint density at radius 2 is 2.04 bits per heavy atom. The number of benzene rings is 2. The van der Waals surface area contributed by atoms with E-state index in [-0.39, 0.29) is 11.8 Å². The standard InChI is InChI=1S/C21H23ClN2O2S/c1-14(2)9-10-23-21(26)15-7-8-19-18(11-15)24(20(25)13-27-19)12-16-5-3-4-6-17(16)22/h3-8,11,14H,9-10,12-13H2,1-2H3,(H,23,26). The predicted octanol–water partition coefficient (Wildman–Crippen LogP) is 4.75. The molecule has 0 spiro atoms. The molecule has 1 aliphatic rings. The molecule has 3 rings (SSSR count). The molecule has 0 fully saturated rings. The Balaban J connectivity index is 1.83. The van der Waals surface area contributed by atoms with Crippen molar-refractivity contribution in [1.29, 1.82) is 0 Å². The Morgan fingerprint density at radius 3 is 2.78 bits per heavy atom. The third-order valence-corrected chi connectivity index (χ3v) is 5.87. The number of carbonyl (C=O) groups is 2. The zero-order valence-corrected chi connectivity index (χ0v) is 17.1. The second-order valence-electron chi connectivity index (χ2n) is 6.98. The molecule has 1 N–H and O–H groups in total. The minimum absolute atomic E-state index is 0.0183. The van der Waals surface area contributed by atoms with E-state index >= 15 is 0 Å². The molecule has 0 bridgehead atoms. The maximum Gasteiger partial charge on any atom is 0.251 e. The van der Waals surface area contributed by atoms with Gasteiger partial charge in [0.05, 0.1) is 18.0 Å². The number of hydrogen-bond acceptors (Lipinski definition) is 3. The van der Waals surface area contributed by atoms with Crippen molar-refractivity contribution in [3.8, 4) is 0 Å². The number of anilines is 1. The van der Waals surface area contributed by atoms with Crippen LogP contribution in [0.2, 0.25) is 5.02 Å². The van der Waals surface area contributed by atoms with Crippen LogP contribution in [-0.4, -0.2) is 24.1 Å². The SMILES string of the molecule is CC(C)CCNC(=O)c1ccc2c(c1)N(Cc1ccccc1Cl)C(=O)CS2. The van der Waals surface area contributed by atoms with Crippen LogP contribution in [0.15, 0.2) is 47.4 Å². The molecule has 0 unspecified atom stereocenters. The van der Waals surface area contributed by atoms with Crippen molar-refractivity contribution in [3.63, 3.8) is 0 Å². The Bertz CT molecular complexity index is 854. The molecule has 0 saturated heterocycles. The van der Waals surface area contributed by atoms with Gasteiger partial charge in [0.1, 0.15) is 0 Å². The maximum atomic E-state index is 12.6. The van der Waals surface area contributed by atoms with Crippen molar-refractivity contribution in [2.45, 2.75) is 31.7 Å². The van der Waals surface area contributed by atoms with Gasteiger partial charge in [0.2, 0.25) is 5.91 Å². The van der Waals surface area contributed by atoms with Gasteiger partial charge in [-0.1, -0.05) is 43.6 Å². The van der Waals surface area contributed by atoms with E-state index in [0.29, 0.717) is 35.3 Å². The second-order valence-corrected chi connectivity index (χ2v) is 8.41. The van der Waals surface area contributed by atoms with Gasteiger partial charge in [-0.2, -0.15) is 0 Å². The molecule has 0 atom stereocenters. The fourth-order valence-corrected chi connectivity index (χ4v) is 4.00. The summed E-state index contributed by atoms with van der Waals surface area (Å²) in [6, 6.07) is 13.1. The molecule has 2 aromatic rings. The quantitative estimate of drug-likeness (QED) is 0.758. The van der Waals surface area contributed by atoms with Gasteiger partial charge in [0.15, 0.2) is 0 Å². The van der Waals surface area contributed by atoms with Gasteiger partial charge in [-0.3, -0.25) is 9.59 Å². The molecule has 1 heterocycles. The van der Waals surface area contributed by atoms with Crippen LogP contribution < -0.4 is 10.2 Å². The van der Waals surface area contributed by atoms with Gasteiger partial charge >= 0.3 is 0 Å². The van der Waals surface area contributed by atoms with Gasteiger partial charge in [-0.05, 0) is 42.2 Å². The molecule has 1 aliphatic heterocycles. The number of thioether (sulfide) groups is 1. The highest BCUT2D eigenvalue weighted by Crippen LogP contribution is 2.37. The number of hydrogen-bond donors (Lipinski definition) is 1. The number of fused-ring (bicyclic) bond motifs is 1. The summed E-state index contributed by atoms with van der Waals surface area (Å²) in [4.78, 5) is 27.8. The van der Waals surface area contributed by atoms with E-state index in [9.17, 15) is 9.59 Å². The Labute approximate surface area is 169 Å². The third kappa shape index (κ3) is 4.85. The summed E-state index contributed by atoms with van der Waals surface area (Å²) in [5, 5.41) is 3.58. The highest BCUT2D eigenvalue weighted by molar-refractivity contribution is 8.00. The molecule has 0 radical (unpaired) electrons. The molecule has 2 amide bonds. The summed E-state index contributed by atoms with van der Waals surface area (Å²) in [5.74, 6) is 0.829. The number of amides is 2. The molecule has 2 aromatic carbocycles. The van der Waals surface area contributed by atoms with E-state index in [1.807, 2.05) is 36.4 Å². The van der Waals surface area contributed by atoms with Crippen LogP contribution in [0.1, 0.15) is 36.2 Å². The fourth-order valence-electron chi connectivity index (χ4n) is 2.89. The zero-order valence-electron chi connectivity index (χ0n) is 15.5. The van der Waals surface area contributed by atoms with Gasteiger partial charge < -0.3 is 10.2 Å². The molecular formula is C21H23ClN2O2S. The maximum absolute atomic E-state index is 12.6. The van der Waals surface area contributed by atoms with Gasteiger partial charge in [-0.25, -0.2) is 0 Å². The lowest BCUT2D eigenvalue weighted by atomic mass is 10.1. The summed E-state index contributed by atoms with van der Waals surface area (Å²) in [5.41, 5.74) is 2.22. The average molecular weight is 403 g/mol. The van der Waals surface area contributed by atoms with E-state index in [2.05, 4.69) is 19.2 Å². The molecule has 0 saturated carbocycles. The first-order valence-corrected chi connectivity index (χ1v) is 10.4. The lowest BCUT2D eigenvalue weighted by molar-refractivity contribution is -0.116. The van der Waals surface area contributed by atoms with Crippen LogP contribution in [0.5, 0.6) is 0 Å². The third-order valence-electron chi connectivity index (χ3n) is 4.46. The first kappa shape index (κ1) is 19.8. The Hall–Kier alpha value is -1.98. The van der Waals surface area contributed by atoms with Crippen molar-refractivity contribution >= 4 is 40.9 Å². The van der Waals surface area contributed by atoms with Crippen molar-refractivity contribution in [1.82, 2.24) is 5.32 Å². The number of halogens is 1. The highest BCUT2D eigenvalue weighted by atomic mass is 35.5. The Morgan fingerprint density at radius 1 is 1.26 bits per heavy atom. The minimum atomic E-state index is -0.112. The zero-order chi connectivity index (χ0) is 19.4. The highest BCUT2D eigenvalue weighted by Gasteiger charge is 2.26.